The Bertz CT molecular complexity index is 687. The lowest BCUT2D eigenvalue weighted by molar-refractivity contribution is 0.205. The molecular formula is C15H16N4O. The molecule has 5 heteroatoms. The molecular weight excluding hydrogens is 252 g/mol. The van der Waals surface area contributed by atoms with Crippen LogP contribution in [0.3, 0.4) is 0 Å². The van der Waals surface area contributed by atoms with Gasteiger partial charge in [-0.05, 0) is 19.1 Å². The highest BCUT2D eigenvalue weighted by Crippen LogP contribution is 2.21. The van der Waals surface area contributed by atoms with Gasteiger partial charge in [0.15, 0.2) is 0 Å². The minimum atomic E-state index is -0.762. The average Bonchev–Trinajstić information content (AvgIpc) is 3.16. The second-order valence-corrected chi connectivity index (χ2v) is 4.53. The van der Waals surface area contributed by atoms with Crippen LogP contribution < -0.4 is 0 Å². The van der Waals surface area contributed by atoms with E-state index in [1.807, 2.05) is 54.2 Å². The minimum Gasteiger partial charge on any atom is -0.380 e. The molecule has 0 saturated carbocycles. The number of nitrogens with zero attached hydrogens (tertiary/aromatic N) is 4. The first-order valence-electron chi connectivity index (χ1n) is 6.58. The van der Waals surface area contributed by atoms with Gasteiger partial charge in [-0.3, -0.25) is 0 Å². The second kappa shape index (κ2) is 5.30. The van der Waals surface area contributed by atoms with Crippen molar-refractivity contribution in [2.45, 2.75) is 19.6 Å². The Morgan fingerprint density at radius 2 is 2.05 bits per heavy atom. The standard InChI is InChI=1S/C15H16N4O/c1-2-18-9-8-16-15(18)14(20)12-10-17-19(11-12)13-6-4-3-5-7-13/h3-11,14,20H,2H2,1H3. The Morgan fingerprint density at radius 1 is 1.25 bits per heavy atom. The SMILES string of the molecule is CCn1ccnc1C(O)c1cnn(-c2ccccc2)c1. The normalized spacial score (nSPS) is 12.5. The molecule has 5 nitrogen and oxygen atoms in total. The van der Waals surface area contributed by atoms with Gasteiger partial charge >= 0.3 is 0 Å². The third-order valence-electron chi connectivity index (χ3n) is 3.27. The number of para-hydroxylation sites is 1. The highest BCUT2D eigenvalue weighted by Gasteiger charge is 2.17. The number of aliphatic hydroxyl groups excluding tert-OH is 1. The molecule has 3 aromatic rings. The molecule has 0 aliphatic rings. The summed E-state index contributed by atoms with van der Waals surface area (Å²) in [5.41, 5.74) is 1.69. The smallest absolute Gasteiger partial charge is 0.142 e. The van der Waals surface area contributed by atoms with E-state index in [4.69, 9.17) is 0 Å². The van der Waals surface area contributed by atoms with Crippen LogP contribution in [-0.2, 0) is 6.54 Å². The van der Waals surface area contributed by atoms with E-state index < -0.39 is 6.10 Å². The number of aromatic nitrogens is 4. The topological polar surface area (TPSA) is 55.9 Å². The summed E-state index contributed by atoms with van der Waals surface area (Å²) in [6.45, 7) is 2.80. The van der Waals surface area contributed by atoms with E-state index in [1.165, 1.54) is 0 Å². The lowest BCUT2D eigenvalue weighted by atomic mass is 10.2. The van der Waals surface area contributed by atoms with Gasteiger partial charge in [-0.1, -0.05) is 18.2 Å². The third-order valence-corrected chi connectivity index (χ3v) is 3.27. The van der Waals surface area contributed by atoms with E-state index in [2.05, 4.69) is 10.1 Å². The third kappa shape index (κ3) is 2.23. The number of imidazole rings is 1. The number of hydrogen-bond donors (Lipinski definition) is 1. The minimum absolute atomic E-state index is 0.639. The first-order valence-corrected chi connectivity index (χ1v) is 6.58. The first kappa shape index (κ1) is 12.6. The van der Waals surface area contributed by atoms with Crippen molar-refractivity contribution in [3.63, 3.8) is 0 Å². The van der Waals surface area contributed by atoms with E-state index in [9.17, 15) is 5.11 Å². The van der Waals surface area contributed by atoms with Gasteiger partial charge in [-0.2, -0.15) is 5.10 Å². The van der Waals surface area contributed by atoms with Gasteiger partial charge in [0.05, 0.1) is 11.9 Å². The van der Waals surface area contributed by atoms with Crippen molar-refractivity contribution < 1.29 is 5.11 Å². The van der Waals surface area contributed by atoms with Crippen LogP contribution in [0.2, 0.25) is 0 Å². The molecule has 0 spiro atoms. The molecule has 0 saturated heterocycles. The predicted molar refractivity (Wildman–Crippen MR) is 75.5 cm³/mol. The van der Waals surface area contributed by atoms with Crippen LogP contribution in [-0.4, -0.2) is 24.4 Å². The van der Waals surface area contributed by atoms with Gasteiger partial charge in [0.25, 0.3) is 0 Å². The molecule has 1 unspecified atom stereocenters. The van der Waals surface area contributed by atoms with Crippen molar-refractivity contribution in [3.8, 4) is 5.69 Å². The summed E-state index contributed by atoms with van der Waals surface area (Å²) < 4.78 is 3.67. The molecule has 0 aliphatic carbocycles. The summed E-state index contributed by atoms with van der Waals surface area (Å²) in [4.78, 5) is 4.22. The maximum Gasteiger partial charge on any atom is 0.142 e. The Kier molecular flexibility index (Phi) is 3.35. The maximum absolute atomic E-state index is 10.4. The predicted octanol–water partition coefficient (Wildman–Crippen LogP) is 2.17. The lowest BCUT2D eigenvalue weighted by Gasteiger charge is -2.10. The quantitative estimate of drug-likeness (QED) is 0.789. The molecule has 2 heterocycles. The molecule has 1 atom stereocenters. The van der Waals surface area contributed by atoms with Gasteiger partial charge in [0.2, 0.25) is 0 Å². The average molecular weight is 268 g/mol. The van der Waals surface area contributed by atoms with Crippen LogP contribution in [0, 0.1) is 0 Å². The molecule has 0 bridgehead atoms. The van der Waals surface area contributed by atoms with E-state index in [0.29, 0.717) is 5.82 Å². The first-order chi connectivity index (χ1) is 9.79. The van der Waals surface area contributed by atoms with Crippen molar-refractivity contribution in [3.05, 3.63) is 66.5 Å². The van der Waals surface area contributed by atoms with E-state index >= 15 is 0 Å². The van der Waals surface area contributed by atoms with Gasteiger partial charge in [0, 0.05) is 30.7 Å². The van der Waals surface area contributed by atoms with Crippen LogP contribution in [0.1, 0.15) is 24.4 Å². The lowest BCUT2D eigenvalue weighted by Crippen LogP contribution is -2.08. The number of benzene rings is 1. The number of aliphatic hydroxyl groups is 1. The fourth-order valence-electron chi connectivity index (χ4n) is 2.18. The molecule has 1 aromatic carbocycles. The van der Waals surface area contributed by atoms with Crippen molar-refractivity contribution in [2.24, 2.45) is 0 Å². The number of rotatable bonds is 4. The Morgan fingerprint density at radius 3 is 2.80 bits per heavy atom. The summed E-state index contributed by atoms with van der Waals surface area (Å²) >= 11 is 0. The van der Waals surface area contributed by atoms with Crippen LogP contribution >= 0.6 is 0 Å². The Hall–Kier alpha value is -2.40. The molecule has 3 rings (SSSR count). The van der Waals surface area contributed by atoms with Crippen molar-refractivity contribution in [1.82, 2.24) is 19.3 Å². The molecule has 102 valence electrons. The zero-order chi connectivity index (χ0) is 13.9. The van der Waals surface area contributed by atoms with Crippen LogP contribution in [0.4, 0.5) is 0 Å². The van der Waals surface area contributed by atoms with Gasteiger partial charge in [-0.25, -0.2) is 9.67 Å². The highest BCUT2D eigenvalue weighted by molar-refractivity contribution is 5.32. The zero-order valence-corrected chi connectivity index (χ0v) is 11.2. The molecule has 0 amide bonds. The summed E-state index contributed by atoms with van der Waals surface area (Å²) in [5, 5.41) is 14.7. The van der Waals surface area contributed by atoms with Gasteiger partial charge < -0.3 is 9.67 Å². The summed E-state index contributed by atoms with van der Waals surface area (Å²) in [6, 6.07) is 9.81. The van der Waals surface area contributed by atoms with Crippen LogP contribution in [0.5, 0.6) is 0 Å². The van der Waals surface area contributed by atoms with Crippen LogP contribution in [0.25, 0.3) is 5.69 Å². The Balaban J connectivity index is 1.91. The molecule has 20 heavy (non-hydrogen) atoms. The zero-order valence-electron chi connectivity index (χ0n) is 11.2. The summed E-state index contributed by atoms with van der Waals surface area (Å²) in [5.74, 6) is 0.639. The largest absolute Gasteiger partial charge is 0.380 e. The van der Waals surface area contributed by atoms with E-state index in [1.54, 1.807) is 17.1 Å². The monoisotopic (exact) mass is 268 g/mol. The highest BCUT2D eigenvalue weighted by atomic mass is 16.3. The molecule has 0 fully saturated rings. The van der Waals surface area contributed by atoms with Crippen molar-refractivity contribution in [2.75, 3.05) is 0 Å². The fraction of sp³-hybridized carbons (Fsp3) is 0.200. The molecule has 0 aliphatic heterocycles. The van der Waals surface area contributed by atoms with Gasteiger partial charge in [-0.15, -0.1) is 0 Å². The molecule has 1 N–H and O–H groups in total. The fourth-order valence-corrected chi connectivity index (χ4v) is 2.18. The van der Waals surface area contributed by atoms with Crippen LogP contribution in [0.15, 0.2) is 55.1 Å². The second-order valence-electron chi connectivity index (χ2n) is 4.53. The van der Waals surface area contributed by atoms with E-state index in [-0.39, 0.29) is 0 Å². The van der Waals surface area contributed by atoms with E-state index in [0.717, 1.165) is 17.8 Å². The molecule has 0 radical (unpaired) electrons. The summed E-state index contributed by atoms with van der Waals surface area (Å²) in [7, 11) is 0. The maximum atomic E-state index is 10.4. The Labute approximate surface area is 117 Å². The van der Waals surface area contributed by atoms with Crippen molar-refractivity contribution in [1.29, 1.82) is 0 Å². The van der Waals surface area contributed by atoms with Crippen molar-refractivity contribution >= 4 is 0 Å². The van der Waals surface area contributed by atoms with Gasteiger partial charge in [0.1, 0.15) is 11.9 Å². The number of aryl methyl sites for hydroxylation is 1. The molecule has 2 aromatic heterocycles. The number of hydrogen-bond acceptors (Lipinski definition) is 3. The summed E-state index contributed by atoms with van der Waals surface area (Å²) in [6.07, 6.45) is 6.30.